The number of carbonyl (C=O) groups excluding carboxylic acids is 2. The summed E-state index contributed by atoms with van der Waals surface area (Å²) in [5, 5.41) is 5.45. The van der Waals surface area contributed by atoms with E-state index in [9.17, 15) is 9.59 Å². The average molecular weight is 201 g/mol. The summed E-state index contributed by atoms with van der Waals surface area (Å²) >= 11 is 0. The van der Waals surface area contributed by atoms with Crippen molar-refractivity contribution in [3.63, 3.8) is 0 Å². The van der Waals surface area contributed by atoms with Crippen LogP contribution in [0.2, 0.25) is 0 Å². The van der Waals surface area contributed by atoms with Crippen LogP contribution in [0.15, 0.2) is 0 Å². The number of nitrogens with one attached hydrogen (secondary N) is 2. The molecular formula is C9H19N3O2. The lowest BCUT2D eigenvalue weighted by Crippen LogP contribution is -2.41. The van der Waals surface area contributed by atoms with Gasteiger partial charge in [0.1, 0.15) is 0 Å². The number of carbonyl (C=O) groups is 2. The Bertz CT molecular complexity index is 194. The second kappa shape index (κ2) is 7.32. The highest BCUT2D eigenvalue weighted by molar-refractivity contribution is 5.85. The predicted molar refractivity (Wildman–Crippen MR) is 54.9 cm³/mol. The van der Waals surface area contributed by atoms with Gasteiger partial charge in [-0.25, -0.2) is 0 Å². The van der Waals surface area contributed by atoms with Crippen molar-refractivity contribution in [1.82, 2.24) is 15.5 Å². The van der Waals surface area contributed by atoms with Gasteiger partial charge in [0.25, 0.3) is 0 Å². The van der Waals surface area contributed by atoms with Crippen LogP contribution >= 0.6 is 0 Å². The zero-order chi connectivity index (χ0) is 11.0. The maximum Gasteiger partial charge on any atom is 0.239 e. The number of hydrogen-bond acceptors (Lipinski definition) is 3. The fourth-order valence-electron chi connectivity index (χ4n) is 0.910. The van der Waals surface area contributed by atoms with Crippen LogP contribution in [0.5, 0.6) is 0 Å². The lowest BCUT2D eigenvalue weighted by atomic mass is 10.4. The zero-order valence-electron chi connectivity index (χ0n) is 9.09. The van der Waals surface area contributed by atoms with Crippen molar-refractivity contribution in [2.45, 2.75) is 13.3 Å². The van der Waals surface area contributed by atoms with Crippen LogP contribution in [0.25, 0.3) is 0 Å². The Kier molecular flexibility index (Phi) is 6.74. The fraction of sp³-hybridized carbons (Fsp3) is 0.778. The minimum atomic E-state index is -0.112. The van der Waals surface area contributed by atoms with Gasteiger partial charge in [-0.3, -0.25) is 9.59 Å². The minimum absolute atomic E-state index is 0.0841. The van der Waals surface area contributed by atoms with Gasteiger partial charge in [-0.1, -0.05) is 6.92 Å². The van der Waals surface area contributed by atoms with Crippen LogP contribution in [0.3, 0.4) is 0 Å². The molecule has 0 aromatic heterocycles. The molecule has 0 atom stereocenters. The van der Waals surface area contributed by atoms with Gasteiger partial charge in [0.2, 0.25) is 11.8 Å². The molecule has 2 N–H and O–H groups in total. The van der Waals surface area contributed by atoms with E-state index >= 15 is 0 Å². The number of hydrogen-bond donors (Lipinski definition) is 2. The van der Waals surface area contributed by atoms with Crippen LogP contribution in [-0.2, 0) is 9.59 Å². The maximum absolute atomic E-state index is 11.2. The molecule has 0 aliphatic rings. The Hall–Kier alpha value is -1.10. The molecule has 14 heavy (non-hydrogen) atoms. The second-order valence-corrected chi connectivity index (χ2v) is 3.13. The van der Waals surface area contributed by atoms with Gasteiger partial charge in [0.05, 0.1) is 13.1 Å². The van der Waals surface area contributed by atoms with E-state index in [2.05, 4.69) is 10.6 Å². The van der Waals surface area contributed by atoms with Crippen LogP contribution < -0.4 is 10.6 Å². The molecule has 0 radical (unpaired) electrons. The molecular weight excluding hydrogens is 182 g/mol. The first-order valence-electron chi connectivity index (χ1n) is 4.77. The van der Waals surface area contributed by atoms with Crippen LogP contribution in [0, 0.1) is 0 Å². The summed E-state index contributed by atoms with van der Waals surface area (Å²) in [5.74, 6) is -0.196. The van der Waals surface area contributed by atoms with E-state index in [0.717, 1.165) is 6.42 Å². The van der Waals surface area contributed by atoms with E-state index < -0.39 is 0 Å². The van der Waals surface area contributed by atoms with E-state index in [4.69, 9.17) is 0 Å². The highest BCUT2D eigenvalue weighted by Gasteiger charge is 2.10. The van der Waals surface area contributed by atoms with Crippen LogP contribution in [0.1, 0.15) is 13.3 Å². The number of amides is 2. The molecule has 0 rings (SSSR count). The predicted octanol–water partition coefficient (Wildman–Crippen LogP) is -0.810. The molecule has 0 aromatic rings. The third-order valence-electron chi connectivity index (χ3n) is 1.71. The molecule has 0 saturated carbocycles. The van der Waals surface area contributed by atoms with Crippen molar-refractivity contribution < 1.29 is 9.59 Å². The maximum atomic E-state index is 11.2. The molecule has 0 fully saturated rings. The third-order valence-corrected chi connectivity index (χ3v) is 1.71. The smallest absolute Gasteiger partial charge is 0.239 e. The molecule has 5 nitrogen and oxygen atoms in total. The monoisotopic (exact) mass is 201 g/mol. The van der Waals surface area contributed by atoms with Gasteiger partial charge in [0.15, 0.2) is 0 Å². The number of likely N-dealkylation sites (N-methyl/N-ethyl adjacent to an activating group) is 2. The molecule has 5 heteroatoms. The Morgan fingerprint density at radius 2 is 2.00 bits per heavy atom. The normalized spacial score (nSPS) is 9.64. The molecule has 0 saturated heterocycles. The molecule has 0 spiro atoms. The quantitative estimate of drug-likeness (QED) is 0.591. The van der Waals surface area contributed by atoms with Gasteiger partial charge >= 0.3 is 0 Å². The van der Waals surface area contributed by atoms with Crippen LogP contribution in [0.4, 0.5) is 0 Å². The summed E-state index contributed by atoms with van der Waals surface area (Å²) in [5.41, 5.74) is 0. The van der Waals surface area contributed by atoms with E-state index in [0.29, 0.717) is 6.54 Å². The Morgan fingerprint density at radius 1 is 1.36 bits per heavy atom. The zero-order valence-corrected chi connectivity index (χ0v) is 9.09. The molecule has 0 aromatic carbocycles. The first-order chi connectivity index (χ1) is 6.61. The van der Waals surface area contributed by atoms with Crippen molar-refractivity contribution in [2.75, 3.05) is 33.7 Å². The molecule has 0 aliphatic heterocycles. The highest BCUT2D eigenvalue weighted by atomic mass is 16.2. The summed E-state index contributed by atoms with van der Waals surface area (Å²) < 4.78 is 0. The summed E-state index contributed by atoms with van der Waals surface area (Å²) in [4.78, 5) is 23.8. The van der Waals surface area contributed by atoms with Crippen molar-refractivity contribution >= 4 is 11.8 Å². The third kappa shape index (κ3) is 5.53. The Labute approximate surface area is 84.8 Å². The van der Waals surface area contributed by atoms with Crippen molar-refractivity contribution in [2.24, 2.45) is 0 Å². The lowest BCUT2D eigenvalue weighted by molar-refractivity contribution is -0.133. The van der Waals surface area contributed by atoms with E-state index in [1.54, 1.807) is 14.1 Å². The summed E-state index contributed by atoms with van der Waals surface area (Å²) in [6.07, 6.45) is 0.903. The first-order valence-corrected chi connectivity index (χ1v) is 4.77. The minimum Gasteiger partial charge on any atom is -0.355 e. The van der Waals surface area contributed by atoms with Crippen LogP contribution in [-0.4, -0.2) is 50.4 Å². The SMILES string of the molecule is CCCNC(=O)CN(C)C(=O)CNC. The Balaban J connectivity index is 3.75. The van der Waals surface area contributed by atoms with Gasteiger partial charge in [-0.05, 0) is 13.5 Å². The molecule has 0 heterocycles. The largest absolute Gasteiger partial charge is 0.355 e. The summed E-state index contributed by atoms with van der Waals surface area (Å²) in [7, 11) is 3.31. The van der Waals surface area contributed by atoms with Crippen molar-refractivity contribution in [3.05, 3.63) is 0 Å². The summed E-state index contributed by atoms with van der Waals surface area (Å²) in [6.45, 7) is 3.03. The van der Waals surface area contributed by atoms with E-state index in [1.807, 2.05) is 6.92 Å². The Morgan fingerprint density at radius 3 is 2.50 bits per heavy atom. The lowest BCUT2D eigenvalue weighted by Gasteiger charge is -2.16. The first kappa shape index (κ1) is 12.9. The molecule has 82 valence electrons. The molecule has 0 bridgehead atoms. The molecule has 0 unspecified atom stereocenters. The average Bonchev–Trinajstić information content (AvgIpc) is 2.15. The topological polar surface area (TPSA) is 61.4 Å². The van der Waals surface area contributed by atoms with Crippen molar-refractivity contribution in [1.29, 1.82) is 0 Å². The summed E-state index contributed by atoms with van der Waals surface area (Å²) in [6, 6.07) is 0. The van der Waals surface area contributed by atoms with Crippen molar-refractivity contribution in [3.8, 4) is 0 Å². The number of rotatable bonds is 6. The second-order valence-electron chi connectivity index (χ2n) is 3.13. The van der Waals surface area contributed by atoms with Gasteiger partial charge in [0, 0.05) is 13.6 Å². The van der Waals surface area contributed by atoms with Gasteiger partial charge in [-0.2, -0.15) is 0 Å². The standard InChI is InChI=1S/C9H19N3O2/c1-4-5-11-8(13)7-12(3)9(14)6-10-2/h10H,4-7H2,1-3H3,(H,11,13). The number of nitrogens with zero attached hydrogens (tertiary/aromatic N) is 1. The van der Waals surface area contributed by atoms with E-state index in [-0.39, 0.29) is 24.9 Å². The fourth-order valence-corrected chi connectivity index (χ4v) is 0.910. The highest BCUT2D eigenvalue weighted by Crippen LogP contribution is 1.83. The van der Waals surface area contributed by atoms with Gasteiger partial charge < -0.3 is 15.5 Å². The molecule has 2 amide bonds. The molecule has 0 aliphatic carbocycles. The van der Waals surface area contributed by atoms with Gasteiger partial charge in [-0.15, -0.1) is 0 Å². The van der Waals surface area contributed by atoms with E-state index in [1.165, 1.54) is 4.90 Å².